The number of halogens is 1. The van der Waals surface area contributed by atoms with Gasteiger partial charge in [0.1, 0.15) is 11.0 Å². The molecule has 0 aliphatic carbocycles. The van der Waals surface area contributed by atoms with E-state index in [1.165, 1.54) is 38.5 Å². The van der Waals surface area contributed by atoms with Crippen molar-refractivity contribution in [2.75, 3.05) is 14.2 Å². The van der Waals surface area contributed by atoms with Crippen LogP contribution in [0.15, 0.2) is 46.2 Å². The zero-order chi connectivity index (χ0) is 18.6. The zero-order valence-corrected chi connectivity index (χ0v) is 15.5. The summed E-state index contributed by atoms with van der Waals surface area (Å²) in [6, 6.07) is 11.1. The van der Waals surface area contributed by atoms with Crippen LogP contribution in [0.2, 0.25) is 5.02 Å². The van der Waals surface area contributed by atoms with Gasteiger partial charge in [0.2, 0.25) is 9.84 Å². The summed E-state index contributed by atoms with van der Waals surface area (Å²) >= 11 is 6.12. The third kappa shape index (κ3) is 3.95. The van der Waals surface area contributed by atoms with Crippen molar-refractivity contribution in [2.24, 2.45) is 0 Å². The van der Waals surface area contributed by atoms with Crippen LogP contribution in [0.3, 0.4) is 0 Å². The molecule has 0 aliphatic rings. The number of nitrogens with zero attached hydrogens (tertiary/aromatic N) is 1. The van der Waals surface area contributed by atoms with Crippen LogP contribution in [0.1, 0.15) is 11.1 Å². The largest absolute Gasteiger partial charge is 0.493 e. The molecule has 0 radical (unpaired) electrons. The lowest BCUT2D eigenvalue weighted by atomic mass is 10.2. The van der Waals surface area contributed by atoms with Gasteiger partial charge in [-0.3, -0.25) is 0 Å². The summed E-state index contributed by atoms with van der Waals surface area (Å²) in [6.45, 7) is 1.85. The van der Waals surface area contributed by atoms with Gasteiger partial charge in [0, 0.05) is 0 Å². The summed E-state index contributed by atoms with van der Waals surface area (Å²) in [5, 5.41) is 9.60. The van der Waals surface area contributed by atoms with Crippen molar-refractivity contribution >= 4 is 27.5 Å². The van der Waals surface area contributed by atoms with Gasteiger partial charge >= 0.3 is 0 Å². The normalized spacial score (nSPS) is 11.7. The SMILES string of the molecule is COc1cc(/C=C(\C#N)S(=O)(=O)c2ccc(C)cc2)cc(Cl)c1OC. The van der Waals surface area contributed by atoms with Gasteiger partial charge < -0.3 is 9.47 Å². The minimum Gasteiger partial charge on any atom is -0.493 e. The molecule has 0 bridgehead atoms. The second-order valence-electron chi connectivity index (χ2n) is 5.18. The van der Waals surface area contributed by atoms with Crippen molar-refractivity contribution in [3.8, 4) is 17.6 Å². The van der Waals surface area contributed by atoms with Gasteiger partial charge in [-0.05, 0) is 42.8 Å². The first-order valence-corrected chi connectivity index (χ1v) is 9.04. The first kappa shape index (κ1) is 18.8. The summed E-state index contributed by atoms with van der Waals surface area (Å²) in [6.07, 6.45) is 1.25. The van der Waals surface area contributed by atoms with E-state index in [0.717, 1.165) is 5.56 Å². The van der Waals surface area contributed by atoms with Crippen LogP contribution < -0.4 is 9.47 Å². The third-order valence-electron chi connectivity index (χ3n) is 3.48. The van der Waals surface area contributed by atoms with Crippen molar-refractivity contribution in [1.29, 1.82) is 5.26 Å². The number of ether oxygens (including phenoxy) is 2. The Balaban J connectivity index is 2.56. The lowest BCUT2D eigenvalue weighted by molar-refractivity contribution is 0.355. The molecule has 2 aromatic carbocycles. The van der Waals surface area contributed by atoms with E-state index >= 15 is 0 Å². The Kier molecular flexibility index (Phi) is 5.73. The van der Waals surface area contributed by atoms with Gasteiger partial charge in [-0.25, -0.2) is 8.42 Å². The van der Waals surface area contributed by atoms with E-state index in [0.29, 0.717) is 17.1 Å². The number of nitriles is 1. The molecule has 0 aromatic heterocycles. The minimum atomic E-state index is -3.93. The van der Waals surface area contributed by atoms with Gasteiger partial charge in [-0.1, -0.05) is 29.3 Å². The molecule has 2 aromatic rings. The number of aryl methyl sites for hydroxylation is 1. The standard InChI is InChI=1S/C18H16ClNO4S/c1-12-4-6-14(7-5-12)25(21,22)15(11-20)8-13-9-16(19)18(24-3)17(10-13)23-2/h4-10H,1-3H3/b15-8+. The number of rotatable bonds is 5. The molecule has 0 saturated heterocycles. The molecule has 0 fully saturated rings. The zero-order valence-electron chi connectivity index (χ0n) is 13.9. The van der Waals surface area contributed by atoms with E-state index in [9.17, 15) is 13.7 Å². The predicted molar refractivity (Wildman–Crippen MR) is 96.5 cm³/mol. The lowest BCUT2D eigenvalue weighted by Gasteiger charge is -2.10. The van der Waals surface area contributed by atoms with Crippen LogP contribution in [-0.4, -0.2) is 22.6 Å². The molecule has 0 N–H and O–H groups in total. The smallest absolute Gasteiger partial charge is 0.216 e. The van der Waals surface area contributed by atoms with Crippen molar-refractivity contribution in [2.45, 2.75) is 11.8 Å². The number of allylic oxidation sites excluding steroid dienone is 1. The maximum atomic E-state index is 12.7. The quantitative estimate of drug-likeness (QED) is 0.736. The van der Waals surface area contributed by atoms with Gasteiger partial charge in [-0.2, -0.15) is 5.26 Å². The Morgan fingerprint density at radius 2 is 1.80 bits per heavy atom. The van der Waals surface area contributed by atoms with Crippen molar-refractivity contribution < 1.29 is 17.9 Å². The molecule has 130 valence electrons. The molecule has 25 heavy (non-hydrogen) atoms. The Labute approximate surface area is 152 Å². The number of hydrogen-bond donors (Lipinski definition) is 0. The molecule has 0 unspecified atom stereocenters. The van der Waals surface area contributed by atoms with Crippen molar-refractivity contribution in [3.05, 3.63) is 57.5 Å². The maximum Gasteiger partial charge on any atom is 0.216 e. The van der Waals surface area contributed by atoms with Gasteiger partial charge in [0.15, 0.2) is 11.5 Å². The van der Waals surface area contributed by atoms with E-state index in [-0.39, 0.29) is 14.8 Å². The Morgan fingerprint density at radius 1 is 1.16 bits per heavy atom. The van der Waals surface area contributed by atoms with Crippen LogP contribution >= 0.6 is 11.6 Å². The molecular weight excluding hydrogens is 362 g/mol. The molecule has 0 aliphatic heterocycles. The number of sulfone groups is 1. The second kappa shape index (κ2) is 7.60. The Morgan fingerprint density at radius 3 is 2.32 bits per heavy atom. The Bertz CT molecular complexity index is 958. The minimum absolute atomic E-state index is 0.0532. The van der Waals surface area contributed by atoms with Crippen molar-refractivity contribution in [3.63, 3.8) is 0 Å². The summed E-state index contributed by atoms with van der Waals surface area (Å²) < 4.78 is 35.6. The molecule has 0 atom stereocenters. The molecule has 0 spiro atoms. The first-order chi connectivity index (χ1) is 11.8. The van der Waals surface area contributed by atoms with E-state index in [1.807, 2.05) is 6.92 Å². The van der Waals surface area contributed by atoms with E-state index in [1.54, 1.807) is 24.3 Å². The van der Waals surface area contributed by atoms with Crippen LogP contribution in [0.5, 0.6) is 11.5 Å². The highest BCUT2D eigenvalue weighted by Gasteiger charge is 2.21. The molecule has 0 heterocycles. The van der Waals surface area contributed by atoms with Gasteiger partial charge in [0.05, 0.1) is 24.1 Å². The van der Waals surface area contributed by atoms with Crippen LogP contribution in [0, 0.1) is 18.3 Å². The third-order valence-corrected chi connectivity index (χ3v) is 5.45. The monoisotopic (exact) mass is 377 g/mol. The lowest BCUT2D eigenvalue weighted by Crippen LogP contribution is -2.03. The molecule has 5 nitrogen and oxygen atoms in total. The van der Waals surface area contributed by atoms with Crippen molar-refractivity contribution in [1.82, 2.24) is 0 Å². The molecular formula is C18H16ClNO4S. The summed E-state index contributed by atoms with van der Waals surface area (Å²) in [5.41, 5.74) is 1.34. The Hall–Kier alpha value is -2.49. The summed E-state index contributed by atoms with van der Waals surface area (Å²) in [7, 11) is -1.04. The number of methoxy groups -OCH3 is 2. The molecule has 0 saturated carbocycles. The van der Waals surface area contributed by atoms with E-state index in [2.05, 4.69) is 0 Å². The second-order valence-corrected chi connectivity index (χ2v) is 7.50. The van der Waals surface area contributed by atoms with E-state index in [4.69, 9.17) is 21.1 Å². The fraction of sp³-hybridized carbons (Fsp3) is 0.167. The highest BCUT2D eigenvalue weighted by molar-refractivity contribution is 7.95. The fourth-order valence-corrected chi connectivity index (χ4v) is 3.64. The van der Waals surface area contributed by atoms with Gasteiger partial charge in [-0.15, -0.1) is 0 Å². The fourth-order valence-electron chi connectivity index (χ4n) is 2.19. The highest BCUT2D eigenvalue weighted by Crippen LogP contribution is 2.37. The highest BCUT2D eigenvalue weighted by atomic mass is 35.5. The van der Waals surface area contributed by atoms with Gasteiger partial charge in [0.25, 0.3) is 0 Å². The first-order valence-electron chi connectivity index (χ1n) is 7.18. The average molecular weight is 378 g/mol. The average Bonchev–Trinajstić information content (AvgIpc) is 2.59. The maximum absolute atomic E-state index is 12.7. The molecule has 2 rings (SSSR count). The number of benzene rings is 2. The molecule has 7 heteroatoms. The topological polar surface area (TPSA) is 76.4 Å². The summed E-state index contributed by atoms with van der Waals surface area (Å²) in [4.78, 5) is -0.336. The predicted octanol–water partition coefficient (Wildman–Crippen LogP) is 4.00. The van der Waals surface area contributed by atoms with E-state index < -0.39 is 9.84 Å². The van der Waals surface area contributed by atoms with Crippen LogP contribution in [0.4, 0.5) is 0 Å². The number of hydrogen-bond acceptors (Lipinski definition) is 5. The van der Waals surface area contributed by atoms with Crippen LogP contribution in [0.25, 0.3) is 6.08 Å². The summed E-state index contributed by atoms with van der Waals surface area (Å²) in [5.74, 6) is 0.674. The molecule has 0 amide bonds. The van der Waals surface area contributed by atoms with Crippen LogP contribution in [-0.2, 0) is 9.84 Å².